The van der Waals surface area contributed by atoms with Gasteiger partial charge in [0.25, 0.3) is 0 Å². The van der Waals surface area contributed by atoms with Gasteiger partial charge in [-0.25, -0.2) is 0 Å². The van der Waals surface area contributed by atoms with E-state index in [0.29, 0.717) is 6.04 Å². The standard InChI is InChI=1S/C13H23N3/c1-11-3-2-7-16(10-11)8-6-13(9-14)15-12-4-5-12/h11-13,15H,2-8,10H2,1H3. The highest BCUT2D eigenvalue weighted by Gasteiger charge is 2.25. The SMILES string of the molecule is CC1CCCN(CCC(C#N)NC2CC2)C1. The molecule has 1 aliphatic heterocycles. The van der Waals surface area contributed by atoms with E-state index in [2.05, 4.69) is 23.2 Å². The van der Waals surface area contributed by atoms with Crippen LogP contribution < -0.4 is 5.32 Å². The Morgan fingerprint density at radius 1 is 1.44 bits per heavy atom. The van der Waals surface area contributed by atoms with Gasteiger partial charge in [-0.05, 0) is 44.6 Å². The zero-order valence-electron chi connectivity index (χ0n) is 10.3. The fraction of sp³-hybridized carbons (Fsp3) is 0.923. The Morgan fingerprint density at radius 3 is 2.88 bits per heavy atom. The molecule has 2 aliphatic rings. The Balaban J connectivity index is 1.66. The molecule has 1 aliphatic carbocycles. The van der Waals surface area contributed by atoms with Crippen LogP contribution in [0.25, 0.3) is 0 Å². The highest BCUT2D eigenvalue weighted by molar-refractivity contribution is 4.96. The van der Waals surface area contributed by atoms with E-state index in [0.717, 1.165) is 18.9 Å². The molecule has 1 N–H and O–H groups in total. The van der Waals surface area contributed by atoms with Gasteiger partial charge in [0, 0.05) is 19.1 Å². The molecule has 2 fully saturated rings. The Hall–Kier alpha value is -0.590. The van der Waals surface area contributed by atoms with E-state index in [-0.39, 0.29) is 6.04 Å². The average molecular weight is 221 g/mol. The van der Waals surface area contributed by atoms with Gasteiger partial charge in [0.05, 0.1) is 12.1 Å². The number of piperidine rings is 1. The topological polar surface area (TPSA) is 39.1 Å². The molecule has 0 spiro atoms. The predicted molar refractivity (Wildman–Crippen MR) is 65.0 cm³/mol. The number of nitriles is 1. The normalized spacial score (nSPS) is 28.6. The maximum Gasteiger partial charge on any atom is 0.0967 e. The second-order valence-electron chi connectivity index (χ2n) is 5.46. The van der Waals surface area contributed by atoms with Gasteiger partial charge in [-0.1, -0.05) is 6.92 Å². The molecule has 0 aromatic carbocycles. The van der Waals surface area contributed by atoms with Crippen LogP contribution in [0.5, 0.6) is 0 Å². The maximum absolute atomic E-state index is 9.05. The fourth-order valence-corrected chi connectivity index (χ4v) is 2.52. The third kappa shape index (κ3) is 3.77. The molecule has 0 aromatic heterocycles. The van der Waals surface area contributed by atoms with Crippen LogP contribution in [0.15, 0.2) is 0 Å². The van der Waals surface area contributed by atoms with Crippen LogP contribution in [0.1, 0.15) is 39.0 Å². The number of likely N-dealkylation sites (tertiary alicyclic amines) is 1. The quantitative estimate of drug-likeness (QED) is 0.769. The van der Waals surface area contributed by atoms with E-state index >= 15 is 0 Å². The van der Waals surface area contributed by atoms with Gasteiger partial charge >= 0.3 is 0 Å². The number of nitrogens with zero attached hydrogens (tertiary/aromatic N) is 2. The maximum atomic E-state index is 9.05. The molecule has 2 unspecified atom stereocenters. The number of hydrogen-bond acceptors (Lipinski definition) is 3. The molecular weight excluding hydrogens is 198 g/mol. The Labute approximate surface area is 98.8 Å². The lowest BCUT2D eigenvalue weighted by Crippen LogP contribution is -2.38. The Bertz CT molecular complexity index is 254. The summed E-state index contributed by atoms with van der Waals surface area (Å²) in [5.41, 5.74) is 0. The number of hydrogen-bond donors (Lipinski definition) is 1. The molecule has 2 atom stereocenters. The summed E-state index contributed by atoms with van der Waals surface area (Å²) in [6, 6.07) is 3.10. The molecule has 3 nitrogen and oxygen atoms in total. The fourth-order valence-electron chi connectivity index (χ4n) is 2.52. The first-order valence-corrected chi connectivity index (χ1v) is 6.66. The van der Waals surface area contributed by atoms with E-state index in [4.69, 9.17) is 5.26 Å². The van der Waals surface area contributed by atoms with E-state index in [1.165, 1.54) is 38.8 Å². The van der Waals surface area contributed by atoms with Crippen LogP contribution in [0.2, 0.25) is 0 Å². The van der Waals surface area contributed by atoms with Crippen molar-refractivity contribution < 1.29 is 0 Å². The highest BCUT2D eigenvalue weighted by atomic mass is 15.1. The van der Waals surface area contributed by atoms with Crippen LogP contribution >= 0.6 is 0 Å². The Kier molecular flexibility index (Phi) is 4.20. The third-order valence-corrected chi connectivity index (χ3v) is 3.65. The summed E-state index contributed by atoms with van der Waals surface area (Å²) in [4.78, 5) is 2.52. The summed E-state index contributed by atoms with van der Waals surface area (Å²) in [6.07, 6.45) is 6.21. The van der Waals surface area contributed by atoms with Crippen molar-refractivity contribution in [1.82, 2.24) is 10.2 Å². The first kappa shape index (κ1) is 11.9. The summed E-state index contributed by atoms with van der Waals surface area (Å²) in [7, 11) is 0. The molecule has 1 saturated heterocycles. The molecule has 0 aromatic rings. The predicted octanol–water partition coefficient (Wildman–Crippen LogP) is 1.75. The van der Waals surface area contributed by atoms with E-state index < -0.39 is 0 Å². The number of rotatable bonds is 5. The Morgan fingerprint density at radius 2 is 2.25 bits per heavy atom. The molecule has 0 amide bonds. The van der Waals surface area contributed by atoms with Crippen molar-refractivity contribution in [2.24, 2.45) is 5.92 Å². The van der Waals surface area contributed by atoms with Gasteiger partial charge in [-0.3, -0.25) is 5.32 Å². The van der Waals surface area contributed by atoms with Gasteiger partial charge in [-0.15, -0.1) is 0 Å². The lowest BCUT2D eigenvalue weighted by molar-refractivity contribution is 0.179. The minimum Gasteiger partial charge on any atom is -0.303 e. The van der Waals surface area contributed by atoms with Crippen LogP contribution in [-0.4, -0.2) is 36.6 Å². The molecule has 3 heteroatoms. The molecule has 90 valence electrons. The molecule has 2 rings (SSSR count). The van der Waals surface area contributed by atoms with Crippen molar-refractivity contribution in [3.05, 3.63) is 0 Å². The highest BCUT2D eigenvalue weighted by Crippen LogP contribution is 2.20. The van der Waals surface area contributed by atoms with Crippen molar-refractivity contribution in [3.63, 3.8) is 0 Å². The molecule has 0 radical (unpaired) electrons. The lowest BCUT2D eigenvalue weighted by atomic mass is 10.00. The molecule has 16 heavy (non-hydrogen) atoms. The third-order valence-electron chi connectivity index (χ3n) is 3.65. The smallest absolute Gasteiger partial charge is 0.0967 e. The summed E-state index contributed by atoms with van der Waals surface area (Å²) in [6.45, 7) is 5.87. The van der Waals surface area contributed by atoms with Crippen LogP contribution in [0, 0.1) is 17.2 Å². The first-order chi connectivity index (χ1) is 7.78. The van der Waals surface area contributed by atoms with E-state index in [1.807, 2.05) is 0 Å². The van der Waals surface area contributed by atoms with Crippen molar-refractivity contribution >= 4 is 0 Å². The number of nitrogens with one attached hydrogen (secondary N) is 1. The van der Waals surface area contributed by atoms with Gasteiger partial charge in [0.1, 0.15) is 0 Å². The van der Waals surface area contributed by atoms with Crippen molar-refractivity contribution in [1.29, 1.82) is 5.26 Å². The minimum absolute atomic E-state index is 0.0738. The summed E-state index contributed by atoms with van der Waals surface area (Å²) in [5.74, 6) is 0.839. The van der Waals surface area contributed by atoms with Gasteiger partial charge in [0.15, 0.2) is 0 Å². The second kappa shape index (κ2) is 5.65. The van der Waals surface area contributed by atoms with Gasteiger partial charge in [0.2, 0.25) is 0 Å². The second-order valence-corrected chi connectivity index (χ2v) is 5.46. The summed E-state index contributed by atoms with van der Waals surface area (Å²) in [5, 5.41) is 12.5. The molecule has 1 saturated carbocycles. The van der Waals surface area contributed by atoms with Gasteiger partial charge < -0.3 is 4.90 Å². The largest absolute Gasteiger partial charge is 0.303 e. The molecular formula is C13H23N3. The van der Waals surface area contributed by atoms with E-state index in [1.54, 1.807) is 0 Å². The van der Waals surface area contributed by atoms with Crippen molar-refractivity contribution in [3.8, 4) is 6.07 Å². The van der Waals surface area contributed by atoms with Crippen LogP contribution in [0.4, 0.5) is 0 Å². The van der Waals surface area contributed by atoms with Crippen molar-refractivity contribution in [2.75, 3.05) is 19.6 Å². The minimum atomic E-state index is 0.0738. The summed E-state index contributed by atoms with van der Waals surface area (Å²) >= 11 is 0. The first-order valence-electron chi connectivity index (χ1n) is 6.66. The monoisotopic (exact) mass is 221 g/mol. The molecule has 0 bridgehead atoms. The van der Waals surface area contributed by atoms with Gasteiger partial charge in [-0.2, -0.15) is 5.26 Å². The average Bonchev–Trinajstić information content (AvgIpc) is 3.08. The van der Waals surface area contributed by atoms with E-state index in [9.17, 15) is 0 Å². The van der Waals surface area contributed by atoms with Crippen LogP contribution in [-0.2, 0) is 0 Å². The lowest BCUT2D eigenvalue weighted by Gasteiger charge is -2.31. The van der Waals surface area contributed by atoms with Crippen molar-refractivity contribution in [2.45, 2.75) is 51.1 Å². The van der Waals surface area contributed by atoms with Crippen LogP contribution in [0.3, 0.4) is 0 Å². The summed E-state index contributed by atoms with van der Waals surface area (Å²) < 4.78 is 0. The zero-order chi connectivity index (χ0) is 11.4. The molecule has 1 heterocycles. The zero-order valence-corrected chi connectivity index (χ0v) is 10.3.